The van der Waals surface area contributed by atoms with Gasteiger partial charge in [0.1, 0.15) is 13.2 Å². The van der Waals surface area contributed by atoms with Crippen LogP contribution in [0.5, 0.6) is 23.0 Å². The molecule has 0 amide bonds. The average Bonchev–Trinajstić information content (AvgIpc) is 2.53. The van der Waals surface area contributed by atoms with Gasteiger partial charge < -0.3 is 18.9 Å². The van der Waals surface area contributed by atoms with Gasteiger partial charge >= 0.3 is 0 Å². The Morgan fingerprint density at radius 1 is 0.783 bits per heavy atom. The van der Waals surface area contributed by atoms with Crippen molar-refractivity contribution in [1.29, 1.82) is 0 Å². The zero-order valence-corrected chi connectivity index (χ0v) is 14.8. The molecule has 0 aliphatic heterocycles. The standard InChI is InChI=1S/C16H15Cl3O4/c1-20-13-4-3-5-14(21-2)16(13)23-7-6-22-15-11(18)8-10(17)9-12(15)19/h3-5,8-9H,6-7H2,1-2H3. The van der Waals surface area contributed by atoms with Crippen LogP contribution in [0.15, 0.2) is 30.3 Å². The van der Waals surface area contributed by atoms with Gasteiger partial charge in [-0.3, -0.25) is 0 Å². The highest BCUT2D eigenvalue weighted by molar-refractivity contribution is 6.40. The maximum atomic E-state index is 6.05. The van der Waals surface area contributed by atoms with Gasteiger partial charge in [-0.2, -0.15) is 0 Å². The van der Waals surface area contributed by atoms with Gasteiger partial charge in [0.15, 0.2) is 17.2 Å². The summed E-state index contributed by atoms with van der Waals surface area (Å²) in [5, 5.41) is 1.14. The summed E-state index contributed by atoms with van der Waals surface area (Å²) < 4.78 is 21.8. The lowest BCUT2D eigenvalue weighted by atomic mass is 10.3. The molecule has 2 rings (SSSR count). The first-order valence-electron chi connectivity index (χ1n) is 6.68. The SMILES string of the molecule is COc1cccc(OC)c1OCCOc1c(Cl)cc(Cl)cc1Cl. The van der Waals surface area contributed by atoms with Crippen molar-refractivity contribution in [2.45, 2.75) is 0 Å². The maximum Gasteiger partial charge on any atom is 0.203 e. The summed E-state index contributed by atoms with van der Waals surface area (Å²) >= 11 is 18.0. The normalized spacial score (nSPS) is 10.3. The summed E-state index contributed by atoms with van der Waals surface area (Å²) in [7, 11) is 3.12. The Hall–Kier alpha value is -1.49. The number of ether oxygens (including phenoxy) is 4. The molecule has 0 atom stereocenters. The van der Waals surface area contributed by atoms with Crippen LogP contribution >= 0.6 is 34.8 Å². The second-order valence-corrected chi connectivity index (χ2v) is 5.64. The third kappa shape index (κ3) is 4.50. The van der Waals surface area contributed by atoms with Crippen LogP contribution < -0.4 is 18.9 Å². The summed E-state index contributed by atoms with van der Waals surface area (Å²) in [6.45, 7) is 0.494. The van der Waals surface area contributed by atoms with Crippen molar-refractivity contribution in [1.82, 2.24) is 0 Å². The largest absolute Gasteiger partial charge is 0.493 e. The number of halogens is 3. The van der Waals surface area contributed by atoms with Crippen LogP contribution in [0.4, 0.5) is 0 Å². The van der Waals surface area contributed by atoms with Gasteiger partial charge in [-0.15, -0.1) is 0 Å². The highest BCUT2D eigenvalue weighted by Gasteiger charge is 2.12. The lowest BCUT2D eigenvalue weighted by Gasteiger charge is -2.15. The topological polar surface area (TPSA) is 36.9 Å². The van der Waals surface area contributed by atoms with Crippen molar-refractivity contribution >= 4 is 34.8 Å². The van der Waals surface area contributed by atoms with Crippen LogP contribution in [-0.4, -0.2) is 27.4 Å². The van der Waals surface area contributed by atoms with Crippen molar-refractivity contribution in [3.8, 4) is 23.0 Å². The summed E-state index contributed by atoms with van der Waals surface area (Å²) in [6.07, 6.45) is 0. The van der Waals surface area contributed by atoms with Gasteiger partial charge in [-0.05, 0) is 24.3 Å². The summed E-state index contributed by atoms with van der Waals surface area (Å²) in [5.74, 6) is 2.03. The molecule has 0 unspecified atom stereocenters. The van der Waals surface area contributed by atoms with Gasteiger partial charge in [0.2, 0.25) is 5.75 Å². The lowest BCUT2D eigenvalue weighted by Crippen LogP contribution is -2.10. The Balaban J connectivity index is 1.99. The van der Waals surface area contributed by atoms with E-state index < -0.39 is 0 Å². The van der Waals surface area contributed by atoms with Crippen LogP contribution in [0, 0.1) is 0 Å². The van der Waals surface area contributed by atoms with E-state index in [1.807, 2.05) is 6.07 Å². The first kappa shape index (κ1) is 17.9. The highest BCUT2D eigenvalue weighted by atomic mass is 35.5. The smallest absolute Gasteiger partial charge is 0.203 e. The van der Waals surface area contributed by atoms with Crippen molar-refractivity contribution in [2.24, 2.45) is 0 Å². The van der Waals surface area contributed by atoms with E-state index >= 15 is 0 Å². The van der Waals surface area contributed by atoms with E-state index in [9.17, 15) is 0 Å². The van der Waals surface area contributed by atoms with Gasteiger partial charge in [0.25, 0.3) is 0 Å². The Bertz CT molecular complexity index is 631. The first-order chi connectivity index (χ1) is 11.1. The maximum absolute atomic E-state index is 6.05. The fraction of sp³-hybridized carbons (Fsp3) is 0.250. The quantitative estimate of drug-likeness (QED) is 0.627. The van der Waals surface area contributed by atoms with Gasteiger partial charge in [-0.25, -0.2) is 0 Å². The molecule has 0 bridgehead atoms. The van der Waals surface area contributed by atoms with Crippen LogP contribution in [0.3, 0.4) is 0 Å². The zero-order valence-electron chi connectivity index (χ0n) is 12.6. The number of para-hydroxylation sites is 1. The predicted octanol–water partition coefficient (Wildman–Crippen LogP) is 5.12. The van der Waals surface area contributed by atoms with E-state index in [1.54, 1.807) is 38.5 Å². The number of benzene rings is 2. The molecule has 0 saturated heterocycles. The minimum absolute atomic E-state index is 0.238. The molecular weight excluding hydrogens is 363 g/mol. The monoisotopic (exact) mass is 376 g/mol. The summed E-state index contributed by atoms with van der Waals surface area (Å²) in [4.78, 5) is 0. The van der Waals surface area contributed by atoms with Crippen molar-refractivity contribution < 1.29 is 18.9 Å². The van der Waals surface area contributed by atoms with E-state index in [0.29, 0.717) is 38.1 Å². The van der Waals surface area contributed by atoms with E-state index in [2.05, 4.69) is 0 Å². The third-order valence-electron chi connectivity index (χ3n) is 2.92. The predicted molar refractivity (Wildman–Crippen MR) is 92.0 cm³/mol. The zero-order chi connectivity index (χ0) is 16.8. The van der Waals surface area contributed by atoms with Crippen molar-refractivity contribution in [3.63, 3.8) is 0 Å². The van der Waals surface area contributed by atoms with Gasteiger partial charge in [0.05, 0.1) is 24.3 Å². The molecule has 0 radical (unpaired) electrons. The third-order valence-corrected chi connectivity index (χ3v) is 3.70. The minimum atomic E-state index is 0.238. The van der Waals surface area contributed by atoms with Gasteiger partial charge in [-0.1, -0.05) is 40.9 Å². The minimum Gasteiger partial charge on any atom is -0.493 e. The summed E-state index contributed by atoms with van der Waals surface area (Å²) in [5.41, 5.74) is 0. The molecule has 0 aliphatic carbocycles. The molecule has 2 aromatic carbocycles. The first-order valence-corrected chi connectivity index (χ1v) is 7.81. The number of methoxy groups -OCH3 is 2. The molecule has 0 aromatic heterocycles. The fourth-order valence-corrected chi connectivity index (χ4v) is 2.84. The van der Waals surface area contributed by atoms with E-state index in [4.69, 9.17) is 53.8 Å². The van der Waals surface area contributed by atoms with Gasteiger partial charge in [0, 0.05) is 5.02 Å². The van der Waals surface area contributed by atoms with Crippen molar-refractivity contribution in [2.75, 3.05) is 27.4 Å². The van der Waals surface area contributed by atoms with Crippen LogP contribution in [0.2, 0.25) is 15.1 Å². The van der Waals surface area contributed by atoms with Crippen LogP contribution in [0.1, 0.15) is 0 Å². The Morgan fingerprint density at radius 2 is 1.26 bits per heavy atom. The van der Waals surface area contributed by atoms with E-state index in [-0.39, 0.29) is 13.2 Å². The highest BCUT2D eigenvalue weighted by Crippen LogP contribution is 2.37. The lowest BCUT2D eigenvalue weighted by molar-refractivity contribution is 0.205. The Morgan fingerprint density at radius 3 is 1.74 bits per heavy atom. The molecule has 124 valence electrons. The van der Waals surface area contributed by atoms with Crippen molar-refractivity contribution in [3.05, 3.63) is 45.4 Å². The molecule has 0 saturated carbocycles. The Labute approximate surface area is 149 Å². The molecule has 0 aliphatic rings. The van der Waals surface area contributed by atoms with Crippen LogP contribution in [-0.2, 0) is 0 Å². The number of hydrogen-bond donors (Lipinski definition) is 0. The second-order valence-electron chi connectivity index (χ2n) is 4.39. The molecule has 0 N–H and O–H groups in total. The number of hydrogen-bond acceptors (Lipinski definition) is 4. The molecule has 4 nitrogen and oxygen atoms in total. The molecule has 7 heteroatoms. The molecule has 0 fully saturated rings. The molecule has 0 spiro atoms. The molecule has 0 heterocycles. The molecule has 2 aromatic rings. The van der Waals surface area contributed by atoms with Crippen LogP contribution in [0.25, 0.3) is 0 Å². The molecular formula is C16H15Cl3O4. The number of rotatable bonds is 7. The second kappa shape index (κ2) is 8.39. The fourth-order valence-electron chi connectivity index (χ4n) is 1.91. The average molecular weight is 378 g/mol. The summed E-state index contributed by atoms with van der Waals surface area (Å²) in [6, 6.07) is 8.51. The Kier molecular flexibility index (Phi) is 6.51. The molecule has 23 heavy (non-hydrogen) atoms. The van der Waals surface area contributed by atoms with E-state index in [1.165, 1.54) is 0 Å². The van der Waals surface area contributed by atoms with E-state index in [0.717, 1.165) is 0 Å².